The van der Waals surface area contributed by atoms with Crippen LogP contribution in [0.5, 0.6) is 0 Å². The van der Waals surface area contributed by atoms with E-state index in [1.165, 1.54) is 12.1 Å². The van der Waals surface area contributed by atoms with Crippen molar-refractivity contribution in [3.05, 3.63) is 24.1 Å². The second-order valence-electron chi connectivity index (χ2n) is 2.87. The normalized spacial score (nSPS) is 9.62. The molecule has 0 fully saturated rings. The third-order valence-corrected chi connectivity index (χ3v) is 1.61. The molecule has 2 amide bonds. The molecule has 16 heavy (non-hydrogen) atoms. The minimum atomic E-state index is -0.691. The largest absolute Gasteiger partial charge is 0.346 e. The van der Waals surface area contributed by atoms with Crippen LogP contribution in [-0.4, -0.2) is 29.9 Å². The molecule has 86 valence electrons. The van der Waals surface area contributed by atoms with Crippen LogP contribution in [0.25, 0.3) is 0 Å². The van der Waals surface area contributed by atoms with Crippen molar-refractivity contribution >= 4 is 17.6 Å². The Morgan fingerprint density at radius 2 is 2.12 bits per heavy atom. The number of hydrogen-bond donors (Lipinski definition) is 3. The Balaban J connectivity index is 2.43. The van der Waals surface area contributed by atoms with Gasteiger partial charge in [-0.1, -0.05) is 6.07 Å². The van der Waals surface area contributed by atoms with E-state index in [2.05, 4.69) is 15.6 Å². The number of amides is 2. The van der Waals surface area contributed by atoms with Crippen molar-refractivity contribution in [3.8, 4) is 0 Å². The molecule has 0 bridgehead atoms. The smallest absolute Gasteiger partial charge is 0.244 e. The van der Waals surface area contributed by atoms with E-state index in [-0.39, 0.29) is 18.9 Å². The van der Waals surface area contributed by atoms with Crippen LogP contribution in [0.1, 0.15) is 0 Å². The summed E-state index contributed by atoms with van der Waals surface area (Å²) in [5.41, 5.74) is 5.03. The predicted molar refractivity (Wildman–Crippen MR) is 54.9 cm³/mol. The van der Waals surface area contributed by atoms with Gasteiger partial charge in [0.15, 0.2) is 0 Å². The molecule has 0 atom stereocenters. The van der Waals surface area contributed by atoms with E-state index in [1.54, 1.807) is 0 Å². The zero-order valence-electron chi connectivity index (χ0n) is 8.37. The Bertz CT molecular complexity index is 397. The number of anilines is 1. The first kappa shape index (κ1) is 12.1. The van der Waals surface area contributed by atoms with Crippen molar-refractivity contribution in [2.45, 2.75) is 0 Å². The Morgan fingerprint density at radius 1 is 1.38 bits per heavy atom. The third-order valence-electron chi connectivity index (χ3n) is 1.61. The Kier molecular flexibility index (Phi) is 4.34. The van der Waals surface area contributed by atoms with Gasteiger partial charge >= 0.3 is 0 Å². The Morgan fingerprint density at radius 3 is 2.75 bits per heavy atom. The fourth-order valence-corrected chi connectivity index (χ4v) is 0.916. The van der Waals surface area contributed by atoms with Crippen molar-refractivity contribution < 1.29 is 14.0 Å². The fourth-order valence-electron chi connectivity index (χ4n) is 0.916. The average molecular weight is 226 g/mol. The molecule has 0 aliphatic rings. The maximum absolute atomic E-state index is 12.6. The minimum Gasteiger partial charge on any atom is -0.346 e. The van der Waals surface area contributed by atoms with Gasteiger partial charge < -0.3 is 16.4 Å². The molecule has 7 heteroatoms. The van der Waals surface area contributed by atoms with Crippen LogP contribution in [0.3, 0.4) is 0 Å². The SMILES string of the molecule is NCC(=O)NCC(=O)Nc1cccc(F)n1. The van der Waals surface area contributed by atoms with E-state index in [1.807, 2.05) is 0 Å². The van der Waals surface area contributed by atoms with Gasteiger partial charge in [0, 0.05) is 0 Å². The average Bonchev–Trinajstić information content (AvgIpc) is 2.26. The maximum atomic E-state index is 12.6. The van der Waals surface area contributed by atoms with Crippen molar-refractivity contribution in [3.63, 3.8) is 0 Å². The molecule has 6 nitrogen and oxygen atoms in total. The topological polar surface area (TPSA) is 97.1 Å². The number of rotatable bonds is 4. The molecule has 0 saturated carbocycles. The molecule has 0 radical (unpaired) electrons. The minimum absolute atomic E-state index is 0.0898. The Hall–Kier alpha value is -2.02. The highest BCUT2D eigenvalue weighted by Gasteiger charge is 2.05. The van der Waals surface area contributed by atoms with Crippen molar-refractivity contribution in [1.29, 1.82) is 0 Å². The number of aromatic nitrogens is 1. The number of nitrogens with two attached hydrogens (primary N) is 1. The van der Waals surface area contributed by atoms with Crippen LogP contribution in [0.15, 0.2) is 18.2 Å². The number of hydrogen-bond acceptors (Lipinski definition) is 4. The van der Waals surface area contributed by atoms with Gasteiger partial charge in [0.2, 0.25) is 17.8 Å². The molecule has 4 N–H and O–H groups in total. The van der Waals surface area contributed by atoms with Gasteiger partial charge in [0.1, 0.15) is 5.82 Å². The van der Waals surface area contributed by atoms with Gasteiger partial charge in [-0.25, -0.2) is 4.98 Å². The van der Waals surface area contributed by atoms with Gasteiger partial charge in [-0.2, -0.15) is 4.39 Å². The molecule has 0 aliphatic heterocycles. The zero-order chi connectivity index (χ0) is 12.0. The molecule has 0 aliphatic carbocycles. The fraction of sp³-hybridized carbons (Fsp3) is 0.222. The second-order valence-corrected chi connectivity index (χ2v) is 2.87. The van der Waals surface area contributed by atoms with Crippen molar-refractivity contribution in [1.82, 2.24) is 10.3 Å². The van der Waals surface area contributed by atoms with E-state index >= 15 is 0 Å². The standard InChI is InChI=1S/C9H11FN4O2/c10-6-2-1-3-7(13-6)14-9(16)5-12-8(15)4-11/h1-3H,4-5,11H2,(H,12,15)(H,13,14,16). The molecule has 1 aromatic heterocycles. The van der Waals surface area contributed by atoms with E-state index in [0.717, 1.165) is 6.07 Å². The van der Waals surface area contributed by atoms with Crippen molar-refractivity contribution in [2.75, 3.05) is 18.4 Å². The molecule has 0 aromatic carbocycles. The monoisotopic (exact) mass is 226 g/mol. The predicted octanol–water partition coefficient (Wildman–Crippen LogP) is -0.766. The molecule has 1 rings (SSSR count). The summed E-state index contributed by atoms with van der Waals surface area (Å²) < 4.78 is 12.6. The molecule has 1 heterocycles. The Labute approximate surface area is 91.0 Å². The van der Waals surface area contributed by atoms with Crippen molar-refractivity contribution in [2.24, 2.45) is 5.73 Å². The van der Waals surface area contributed by atoms with Gasteiger partial charge in [0.05, 0.1) is 13.1 Å². The quantitative estimate of drug-likeness (QED) is 0.587. The van der Waals surface area contributed by atoms with Crippen LogP contribution in [0.2, 0.25) is 0 Å². The molecule has 1 aromatic rings. The van der Waals surface area contributed by atoms with Gasteiger partial charge in [0.25, 0.3) is 0 Å². The lowest BCUT2D eigenvalue weighted by molar-refractivity contribution is -0.123. The lowest BCUT2D eigenvalue weighted by atomic mass is 10.4. The number of nitrogens with zero attached hydrogens (tertiary/aromatic N) is 1. The van der Waals surface area contributed by atoms with Crippen LogP contribution in [0, 0.1) is 5.95 Å². The first-order valence-corrected chi connectivity index (χ1v) is 4.51. The lowest BCUT2D eigenvalue weighted by Gasteiger charge is -2.05. The van der Waals surface area contributed by atoms with Crippen LogP contribution >= 0.6 is 0 Å². The molecule has 0 saturated heterocycles. The number of carbonyl (C=O) groups is 2. The first-order chi connectivity index (χ1) is 7.61. The summed E-state index contributed by atoms with van der Waals surface area (Å²) in [5, 5.41) is 4.59. The van der Waals surface area contributed by atoms with Gasteiger partial charge in [-0.05, 0) is 12.1 Å². The summed E-state index contributed by atoms with van der Waals surface area (Å²) in [6.07, 6.45) is 0. The highest BCUT2D eigenvalue weighted by molar-refractivity contribution is 5.93. The molecule has 0 spiro atoms. The number of pyridine rings is 1. The molecular formula is C9H11FN4O2. The number of carbonyl (C=O) groups excluding carboxylic acids is 2. The lowest BCUT2D eigenvalue weighted by Crippen LogP contribution is -2.36. The summed E-state index contributed by atoms with van der Waals surface area (Å²) in [6, 6.07) is 4.01. The van der Waals surface area contributed by atoms with E-state index in [9.17, 15) is 14.0 Å². The highest BCUT2D eigenvalue weighted by atomic mass is 19.1. The summed E-state index contributed by atoms with van der Waals surface area (Å²) >= 11 is 0. The van der Waals surface area contributed by atoms with Gasteiger partial charge in [-0.3, -0.25) is 9.59 Å². The number of nitrogens with one attached hydrogen (secondary N) is 2. The second kappa shape index (κ2) is 5.76. The first-order valence-electron chi connectivity index (χ1n) is 4.51. The third kappa shape index (κ3) is 4.01. The summed E-state index contributed by atoms with van der Waals surface area (Å²) in [7, 11) is 0. The summed E-state index contributed by atoms with van der Waals surface area (Å²) in [6.45, 7) is -0.417. The zero-order valence-corrected chi connectivity index (χ0v) is 8.37. The van der Waals surface area contributed by atoms with E-state index in [4.69, 9.17) is 5.73 Å². The van der Waals surface area contributed by atoms with E-state index < -0.39 is 17.8 Å². The summed E-state index contributed by atoms with van der Waals surface area (Å²) in [5.74, 6) is -1.54. The number of halogens is 1. The van der Waals surface area contributed by atoms with Crippen LogP contribution < -0.4 is 16.4 Å². The molecule has 0 unspecified atom stereocenters. The van der Waals surface area contributed by atoms with E-state index in [0.29, 0.717) is 0 Å². The highest BCUT2D eigenvalue weighted by Crippen LogP contribution is 2.02. The maximum Gasteiger partial charge on any atom is 0.244 e. The van der Waals surface area contributed by atoms with Crippen LogP contribution in [0.4, 0.5) is 10.2 Å². The summed E-state index contributed by atoms with van der Waals surface area (Å²) in [4.78, 5) is 25.4. The van der Waals surface area contributed by atoms with Gasteiger partial charge in [-0.15, -0.1) is 0 Å². The molecular weight excluding hydrogens is 215 g/mol. The van der Waals surface area contributed by atoms with Crippen LogP contribution in [-0.2, 0) is 9.59 Å².